The van der Waals surface area contributed by atoms with Gasteiger partial charge in [-0.25, -0.2) is 9.78 Å². The van der Waals surface area contributed by atoms with Gasteiger partial charge in [0.15, 0.2) is 11.5 Å². The van der Waals surface area contributed by atoms with Crippen molar-refractivity contribution in [2.45, 2.75) is 38.1 Å². The minimum atomic E-state index is 0.0484. The molecule has 1 aliphatic heterocycles. The van der Waals surface area contributed by atoms with Crippen LogP contribution in [0.25, 0.3) is 16.9 Å². The molecule has 1 saturated heterocycles. The smallest absolute Gasteiger partial charge is 0.317 e. The number of nitrogens with zero attached hydrogens (tertiary/aromatic N) is 6. The van der Waals surface area contributed by atoms with Gasteiger partial charge in [0, 0.05) is 44.0 Å². The van der Waals surface area contributed by atoms with Gasteiger partial charge in [0.05, 0.1) is 14.2 Å². The van der Waals surface area contributed by atoms with Crippen molar-refractivity contribution >= 4 is 17.6 Å². The Hall–Kier alpha value is -3.56. The number of rotatable bonds is 5. The van der Waals surface area contributed by atoms with Crippen LogP contribution in [0, 0.1) is 0 Å². The van der Waals surface area contributed by atoms with Crippen molar-refractivity contribution in [3.05, 3.63) is 30.7 Å². The number of piperazine rings is 1. The molecule has 2 amide bonds. The van der Waals surface area contributed by atoms with Crippen LogP contribution >= 0.6 is 0 Å². The fourth-order valence-corrected chi connectivity index (χ4v) is 4.91. The molecule has 2 aromatic heterocycles. The van der Waals surface area contributed by atoms with E-state index in [0.717, 1.165) is 29.8 Å². The molecule has 0 atom stereocenters. The normalized spacial score (nSPS) is 17.1. The Morgan fingerprint density at radius 1 is 1.00 bits per heavy atom. The summed E-state index contributed by atoms with van der Waals surface area (Å²) in [5.74, 6) is 2.76. The molecule has 3 aromatic rings. The zero-order valence-electron chi connectivity index (χ0n) is 19.7. The number of ether oxygens (including phenoxy) is 2. The number of carbonyl (C=O) groups is 1. The molecule has 1 aliphatic carbocycles. The van der Waals surface area contributed by atoms with E-state index in [4.69, 9.17) is 9.47 Å². The third-order valence-corrected chi connectivity index (χ3v) is 6.77. The summed E-state index contributed by atoms with van der Waals surface area (Å²) in [4.78, 5) is 25.8. The lowest BCUT2D eigenvalue weighted by atomic mass is 9.96. The molecule has 3 heterocycles. The van der Waals surface area contributed by atoms with Crippen LogP contribution in [0.3, 0.4) is 0 Å². The molecule has 0 bridgehead atoms. The minimum Gasteiger partial charge on any atom is -0.493 e. The highest BCUT2D eigenvalue weighted by Crippen LogP contribution is 2.36. The van der Waals surface area contributed by atoms with E-state index in [1.807, 2.05) is 29.3 Å². The molecule has 1 saturated carbocycles. The number of fused-ring (bicyclic) bond motifs is 1. The molecule has 0 unspecified atom stereocenters. The Bertz CT molecular complexity index is 1150. The summed E-state index contributed by atoms with van der Waals surface area (Å²) in [6.45, 7) is 2.67. The Labute approximate surface area is 198 Å². The number of hydrogen-bond acceptors (Lipinski definition) is 7. The third-order valence-electron chi connectivity index (χ3n) is 6.77. The Balaban J connectivity index is 1.39. The van der Waals surface area contributed by atoms with Gasteiger partial charge in [0.2, 0.25) is 0 Å². The molecule has 0 spiro atoms. The van der Waals surface area contributed by atoms with Crippen LogP contribution in [0.1, 0.15) is 32.1 Å². The summed E-state index contributed by atoms with van der Waals surface area (Å²) in [5, 5.41) is 7.67. The zero-order chi connectivity index (χ0) is 23.5. The quantitative estimate of drug-likeness (QED) is 0.619. The summed E-state index contributed by atoms with van der Waals surface area (Å²) in [5.41, 5.74) is 1.86. The van der Waals surface area contributed by atoms with Crippen molar-refractivity contribution in [3.63, 3.8) is 0 Å². The maximum Gasteiger partial charge on any atom is 0.317 e. The van der Waals surface area contributed by atoms with Crippen LogP contribution in [0.2, 0.25) is 0 Å². The topological polar surface area (TPSA) is 97.1 Å². The summed E-state index contributed by atoms with van der Waals surface area (Å²) >= 11 is 0. The maximum atomic E-state index is 12.8. The minimum absolute atomic E-state index is 0.0484. The molecule has 180 valence electrons. The van der Waals surface area contributed by atoms with E-state index in [2.05, 4.69) is 25.3 Å². The number of carbonyl (C=O) groups excluding carboxylic acids is 1. The number of nitrogens with one attached hydrogen (secondary N) is 1. The van der Waals surface area contributed by atoms with Crippen LogP contribution < -0.4 is 19.7 Å². The highest BCUT2D eigenvalue weighted by Gasteiger charge is 2.27. The summed E-state index contributed by atoms with van der Waals surface area (Å²) in [7, 11) is 3.24. The number of hydrogen-bond donors (Lipinski definition) is 1. The van der Waals surface area contributed by atoms with Gasteiger partial charge in [-0.15, -0.1) is 0 Å². The first-order valence-corrected chi connectivity index (χ1v) is 11.9. The van der Waals surface area contributed by atoms with Gasteiger partial charge in [0.1, 0.15) is 12.1 Å². The number of urea groups is 1. The number of aromatic nitrogens is 4. The largest absolute Gasteiger partial charge is 0.493 e. The van der Waals surface area contributed by atoms with Gasteiger partial charge >= 0.3 is 6.03 Å². The van der Waals surface area contributed by atoms with Crippen molar-refractivity contribution in [3.8, 4) is 22.6 Å². The average molecular weight is 466 g/mol. The SMILES string of the molecule is COc1ccc(-c2cnc3ncnn3c2N2CCN(C(=O)NC3CCCCC3)CC2)cc1OC. The lowest BCUT2D eigenvalue weighted by Crippen LogP contribution is -2.54. The molecule has 0 radical (unpaired) electrons. The second-order valence-electron chi connectivity index (χ2n) is 8.80. The molecule has 2 fully saturated rings. The number of methoxy groups -OCH3 is 2. The number of amides is 2. The van der Waals surface area contributed by atoms with Gasteiger partial charge < -0.3 is 24.6 Å². The van der Waals surface area contributed by atoms with E-state index in [1.165, 1.54) is 25.6 Å². The van der Waals surface area contributed by atoms with E-state index in [-0.39, 0.29) is 6.03 Å². The zero-order valence-corrected chi connectivity index (χ0v) is 19.7. The molecular formula is C24H31N7O3. The monoisotopic (exact) mass is 465 g/mol. The number of anilines is 1. The lowest BCUT2D eigenvalue weighted by Gasteiger charge is -2.37. The summed E-state index contributed by atoms with van der Waals surface area (Å²) in [6, 6.07) is 6.17. The van der Waals surface area contributed by atoms with Crippen LogP contribution in [-0.4, -0.2) is 77.0 Å². The molecule has 10 heteroatoms. The van der Waals surface area contributed by atoms with Crippen molar-refractivity contribution in [2.75, 3.05) is 45.3 Å². The van der Waals surface area contributed by atoms with E-state index in [9.17, 15) is 4.79 Å². The molecule has 34 heavy (non-hydrogen) atoms. The van der Waals surface area contributed by atoms with Crippen molar-refractivity contribution in [2.24, 2.45) is 0 Å². The van der Waals surface area contributed by atoms with Gasteiger partial charge in [-0.05, 0) is 30.5 Å². The highest BCUT2D eigenvalue weighted by molar-refractivity contribution is 5.79. The van der Waals surface area contributed by atoms with Gasteiger partial charge in [0.25, 0.3) is 5.78 Å². The fourth-order valence-electron chi connectivity index (χ4n) is 4.91. The van der Waals surface area contributed by atoms with Gasteiger partial charge in [-0.2, -0.15) is 14.6 Å². The first kappa shape index (κ1) is 22.2. The van der Waals surface area contributed by atoms with E-state index in [0.29, 0.717) is 49.5 Å². The van der Waals surface area contributed by atoms with E-state index in [1.54, 1.807) is 18.7 Å². The predicted octanol–water partition coefficient (Wildman–Crippen LogP) is 2.97. The highest BCUT2D eigenvalue weighted by atomic mass is 16.5. The first-order chi connectivity index (χ1) is 16.7. The molecule has 10 nitrogen and oxygen atoms in total. The van der Waals surface area contributed by atoms with Crippen LogP contribution in [0.5, 0.6) is 11.5 Å². The van der Waals surface area contributed by atoms with Gasteiger partial charge in [-0.1, -0.05) is 25.3 Å². The molecule has 1 aromatic carbocycles. The lowest BCUT2D eigenvalue weighted by molar-refractivity contribution is 0.186. The van der Waals surface area contributed by atoms with Crippen molar-refractivity contribution < 1.29 is 14.3 Å². The van der Waals surface area contributed by atoms with Crippen LogP contribution in [0.15, 0.2) is 30.7 Å². The predicted molar refractivity (Wildman–Crippen MR) is 129 cm³/mol. The first-order valence-electron chi connectivity index (χ1n) is 11.9. The molecule has 2 aliphatic rings. The second kappa shape index (κ2) is 9.74. The number of benzene rings is 1. The standard InChI is InChI=1S/C24H31N7O3/c1-33-20-9-8-17(14-21(20)34-2)19-15-25-23-26-16-27-31(23)22(19)29-10-12-30(13-11-29)24(32)28-18-6-4-3-5-7-18/h8-9,14-16,18H,3-7,10-13H2,1-2H3,(H,28,32). The van der Waals surface area contributed by atoms with Crippen molar-refractivity contribution in [1.82, 2.24) is 29.8 Å². The molecular weight excluding hydrogens is 434 g/mol. The van der Waals surface area contributed by atoms with Crippen molar-refractivity contribution in [1.29, 1.82) is 0 Å². The Morgan fingerprint density at radius 3 is 2.50 bits per heavy atom. The van der Waals surface area contributed by atoms with Crippen LogP contribution in [-0.2, 0) is 0 Å². The maximum absolute atomic E-state index is 12.8. The third kappa shape index (κ3) is 4.32. The second-order valence-corrected chi connectivity index (χ2v) is 8.80. The van der Waals surface area contributed by atoms with Gasteiger partial charge in [-0.3, -0.25) is 0 Å². The fraction of sp³-hybridized carbons (Fsp3) is 0.500. The summed E-state index contributed by atoms with van der Waals surface area (Å²) < 4.78 is 12.7. The Kier molecular flexibility index (Phi) is 6.37. The van der Waals surface area contributed by atoms with E-state index < -0.39 is 0 Å². The molecule has 5 rings (SSSR count). The average Bonchev–Trinajstić information content (AvgIpc) is 3.37. The summed E-state index contributed by atoms with van der Waals surface area (Å²) in [6.07, 6.45) is 9.18. The molecule has 1 N–H and O–H groups in total. The van der Waals surface area contributed by atoms with E-state index >= 15 is 0 Å². The van der Waals surface area contributed by atoms with Crippen LogP contribution in [0.4, 0.5) is 10.6 Å². The Morgan fingerprint density at radius 2 is 1.76 bits per heavy atom.